The fraction of sp³-hybridized carbons (Fsp3) is 0.0667. The first-order valence-corrected chi connectivity index (χ1v) is 6.30. The van der Waals surface area contributed by atoms with Crippen molar-refractivity contribution >= 4 is 18.0 Å². The van der Waals surface area contributed by atoms with Gasteiger partial charge in [0.2, 0.25) is 0 Å². The van der Waals surface area contributed by atoms with E-state index in [4.69, 9.17) is 0 Å². The Kier molecular flexibility index (Phi) is 3.06. The number of amides is 3. The molecular formula is C15H12FN3O2. The smallest absolute Gasteiger partial charge is 0.317 e. The Morgan fingerprint density at radius 1 is 1.14 bits per heavy atom. The quantitative estimate of drug-likeness (QED) is 0.679. The average molecular weight is 285 g/mol. The summed E-state index contributed by atoms with van der Waals surface area (Å²) in [5.74, 6) is -0.697. The van der Waals surface area contributed by atoms with Crippen LogP contribution in [0.5, 0.6) is 0 Å². The zero-order valence-electron chi connectivity index (χ0n) is 11.2. The molecule has 0 radical (unpaired) electrons. The molecule has 1 N–H and O–H groups in total. The maximum atomic E-state index is 13.0. The molecule has 1 fully saturated rings. The molecule has 1 saturated heterocycles. The summed E-state index contributed by atoms with van der Waals surface area (Å²) in [6.45, 7) is 0. The third kappa shape index (κ3) is 2.31. The third-order valence-electron chi connectivity index (χ3n) is 3.26. The molecule has 3 amide bonds. The summed E-state index contributed by atoms with van der Waals surface area (Å²) in [4.78, 5) is 24.3. The van der Waals surface area contributed by atoms with Crippen LogP contribution < -0.4 is 5.32 Å². The van der Waals surface area contributed by atoms with Crippen LogP contribution in [0.4, 0.5) is 9.18 Å². The Morgan fingerprint density at radius 3 is 2.48 bits per heavy atom. The number of hydrogen-bond acceptors (Lipinski definition) is 2. The standard InChI is InChI=1S/C15H12FN3O2/c1-18-14(20)13(17-15(18)21)9-12-3-2-8-19(12)11-6-4-10(16)5-7-11/h2-9H,1H3,(H,17,21)/b13-9+. The number of likely N-dealkylation sites (N-methyl/N-ethyl adjacent to an activating group) is 1. The maximum Gasteiger partial charge on any atom is 0.328 e. The Hall–Kier alpha value is -2.89. The van der Waals surface area contributed by atoms with Gasteiger partial charge < -0.3 is 9.88 Å². The van der Waals surface area contributed by atoms with Crippen LogP contribution in [0.3, 0.4) is 0 Å². The van der Waals surface area contributed by atoms with E-state index < -0.39 is 6.03 Å². The van der Waals surface area contributed by atoms with E-state index in [9.17, 15) is 14.0 Å². The maximum absolute atomic E-state index is 13.0. The Balaban J connectivity index is 1.99. The largest absolute Gasteiger partial charge is 0.328 e. The van der Waals surface area contributed by atoms with Crippen molar-refractivity contribution in [3.05, 3.63) is 59.8 Å². The first-order valence-electron chi connectivity index (χ1n) is 6.30. The lowest BCUT2D eigenvalue weighted by atomic mass is 10.2. The monoisotopic (exact) mass is 285 g/mol. The van der Waals surface area contributed by atoms with Gasteiger partial charge in [0.15, 0.2) is 0 Å². The molecule has 2 aromatic rings. The van der Waals surface area contributed by atoms with E-state index >= 15 is 0 Å². The molecule has 3 rings (SSSR count). The van der Waals surface area contributed by atoms with Gasteiger partial charge >= 0.3 is 6.03 Å². The Morgan fingerprint density at radius 2 is 1.86 bits per heavy atom. The molecule has 0 aliphatic carbocycles. The van der Waals surface area contributed by atoms with Crippen LogP contribution in [0.2, 0.25) is 0 Å². The Labute approximate surface area is 120 Å². The first kappa shape index (κ1) is 13.1. The van der Waals surface area contributed by atoms with Crippen LogP contribution in [0.1, 0.15) is 5.69 Å². The van der Waals surface area contributed by atoms with E-state index in [1.54, 1.807) is 41.1 Å². The highest BCUT2D eigenvalue weighted by Crippen LogP contribution is 2.17. The summed E-state index contributed by atoms with van der Waals surface area (Å²) < 4.78 is 14.8. The van der Waals surface area contributed by atoms with Crippen molar-refractivity contribution in [2.75, 3.05) is 7.05 Å². The van der Waals surface area contributed by atoms with E-state index in [0.717, 1.165) is 10.6 Å². The lowest BCUT2D eigenvalue weighted by Gasteiger charge is -2.07. The number of carbonyl (C=O) groups excluding carboxylic acids is 2. The van der Waals surface area contributed by atoms with Crippen LogP contribution in [-0.2, 0) is 4.79 Å². The van der Waals surface area contributed by atoms with Gasteiger partial charge in [-0.15, -0.1) is 0 Å². The SMILES string of the molecule is CN1C(=O)N/C(=C/c2cccn2-c2ccc(F)cc2)C1=O. The van der Waals surface area contributed by atoms with E-state index in [1.807, 2.05) is 0 Å². The number of nitrogens with one attached hydrogen (secondary N) is 1. The van der Waals surface area contributed by atoms with Gasteiger partial charge in [-0.3, -0.25) is 9.69 Å². The number of nitrogens with zero attached hydrogens (tertiary/aromatic N) is 2. The van der Waals surface area contributed by atoms with Gasteiger partial charge in [-0.05, 0) is 42.5 Å². The van der Waals surface area contributed by atoms with E-state index in [0.29, 0.717) is 5.69 Å². The van der Waals surface area contributed by atoms with Crippen molar-refractivity contribution in [1.82, 2.24) is 14.8 Å². The second-order valence-corrected chi connectivity index (χ2v) is 4.63. The van der Waals surface area contributed by atoms with Crippen LogP contribution in [0.15, 0.2) is 48.3 Å². The van der Waals surface area contributed by atoms with Gasteiger partial charge in [0, 0.05) is 24.6 Å². The van der Waals surface area contributed by atoms with Gasteiger partial charge in [0.1, 0.15) is 11.5 Å². The molecule has 5 nitrogen and oxygen atoms in total. The molecule has 0 spiro atoms. The molecular weight excluding hydrogens is 273 g/mol. The topological polar surface area (TPSA) is 54.3 Å². The predicted molar refractivity (Wildman–Crippen MR) is 75.0 cm³/mol. The van der Waals surface area contributed by atoms with Gasteiger partial charge in [-0.2, -0.15) is 0 Å². The van der Waals surface area contributed by atoms with Crippen molar-refractivity contribution in [2.45, 2.75) is 0 Å². The van der Waals surface area contributed by atoms with Crippen LogP contribution in [0, 0.1) is 5.82 Å². The molecule has 21 heavy (non-hydrogen) atoms. The van der Waals surface area contributed by atoms with Crippen molar-refractivity contribution in [2.24, 2.45) is 0 Å². The number of urea groups is 1. The summed E-state index contributed by atoms with van der Waals surface area (Å²) in [6.07, 6.45) is 3.39. The molecule has 2 heterocycles. The van der Waals surface area contributed by atoms with Crippen LogP contribution >= 0.6 is 0 Å². The number of benzene rings is 1. The summed E-state index contributed by atoms with van der Waals surface area (Å²) >= 11 is 0. The molecule has 1 aromatic carbocycles. The zero-order chi connectivity index (χ0) is 15.0. The number of carbonyl (C=O) groups is 2. The lowest BCUT2D eigenvalue weighted by Crippen LogP contribution is -2.25. The summed E-state index contributed by atoms with van der Waals surface area (Å²) in [5.41, 5.74) is 1.68. The molecule has 0 bridgehead atoms. The minimum Gasteiger partial charge on any atom is -0.317 e. The molecule has 0 atom stereocenters. The number of hydrogen-bond donors (Lipinski definition) is 1. The number of aromatic nitrogens is 1. The van der Waals surface area contributed by atoms with Crippen molar-refractivity contribution in [3.63, 3.8) is 0 Å². The molecule has 6 heteroatoms. The van der Waals surface area contributed by atoms with Gasteiger partial charge in [0.05, 0.1) is 0 Å². The van der Waals surface area contributed by atoms with Crippen LogP contribution in [-0.4, -0.2) is 28.5 Å². The number of rotatable bonds is 2. The van der Waals surface area contributed by atoms with E-state index in [2.05, 4.69) is 5.32 Å². The highest BCUT2D eigenvalue weighted by molar-refractivity contribution is 6.13. The fourth-order valence-electron chi connectivity index (χ4n) is 2.12. The highest BCUT2D eigenvalue weighted by Gasteiger charge is 2.30. The fourth-order valence-corrected chi connectivity index (χ4v) is 2.12. The first-order chi connectivity index (χ1) is 10.1. The van der Waals surface area contributed by atoms with Crippen molar-refractivity contribution in [3.8, 4) is 5.69 Å². The summed E-state index contributed by atoms with van der Waals surface area (Å²) in [5, 5.41) is 2.50. The molecule has 1 aliphatic heterocycles. The van der Waals surface area contributed by atoms with E-state index in [1.165, 1.54) is 19.2 Å². The molecule has 1 aliphatic rings. The minimum atomic E-state index is -0.453. The second kappa shape index (κ2) is 4.90. The minimum absolute atomic E-state index is 0.213. The molecule has 0 unspecified atom stereocenters. The summed E-state index contributed by atoms with van der Waals surface area (Å²) in [7, 11) is 1.41. The molecule has 106 valence electrons. The third-order valence-corrected chi connectivity index (χ3v) is 3.26. The number of halogens is 1. The van der Waals surface area contributed by atoms with E-state index in [-0.39, 0.29) is 17.4 Å². The zero-order valence-corrected chi connectivity index (χ0v) is 11.2. The molecule has 0 saturated carbocycles. The average Bonchev–Trinajstić information content (AvgIpc) is 3.02. The van der Waals surface area contributed by atoms with Gasteiger partial charge in [-0.1, -0.05) is 0 Å². The normalized spacial score (nSPS) is 16.7. The summed E-state index contributed by atoms with van der Waals surface area (Å²) in [6, 6.07) is 9.16. The lowest BCUT2D eigenvalue weighted by molar-refractivity contribution is -0.121. The van der Waals surface area contributed by atoms with Gasteiger partial charge in [0.25, 0.3) is 5.91 Å². The predicted octanol–water partition coefficient (Wildman–Crippen LogP) is 2.14. The highest BCUT2D eigenvalue weighted by atomic mass is 19.1. The van der Waals surface area contributed by atoms with Crippen molar-refractivity contribution in [1.29, 1.82) is 0 Å². The number of imide groups is 1. The Bertz CT molecular complexity index is 747. The molecule has 1 aromatic heterocycles. The van der Waals surface area contributed by atoms with Crippen molar-refractivity contribution < 1.29 is 14.0 Å². The second-order valence-electron chi connectivity index (χ2n) is 4.63. The van der Waals surface area contributed by atoms with Crippen LogP contribution in [0.25, 0.3) is 11.8 Å². The van der Waals surface area contributed by atoms with Gasteiger partial charge in [-0.25, -0.2) is 9.18 Å².